The molecule has 0 atom stereocenters. The first-order chi connectivity index (χ1) is 5.38. The highest BCUT2D eigenvalue weighted by Crippen LogP contribution is 2.21. The van der Waals surface area contributed by atoms with Gasteiger partial charge >= 0.3 is 0 Å². The summed E-state index contributed by atoms with van der Waals surface area (Å²) in [6.45, 7) is 7.03. The molecule has 0 aromatic heterocycles. The van der Waals surface area contributed by atoms with Gasteiger partial charge in [-0.3, -0.25) is 0 Å². The average molecular weight is 282 g/mol. The van der Waals surface area contributed by atoms with Crippen molar-refractivity contribution in [2.45, 2.75) is 52.0 Å². The Bertz CT molecular complexity index is 96.0. The van der Waals surface area contributed by atoms with E-state index in [4.69, 9.17) is 0 Å². The van der Waals surface area contributed by atoms with E-state index in [1.807, 2.05) is 0 Å². The first kappa shape index (κ1) is 12.7. The van der Waals surface area contributed by atoms with Crippen LogP contribution in [0, 0.1) is 0 Å². The topological polar surface area (TPSA) is 3.24 Å². The Labute approximate surface area is 93.9 Å². The molecular weight excluding hydrogens is 261 g/mol. The van der Waals surface area contributed by atoms with Gasteiger partial charge in [0.25, 0.3) is 0 Å². The molecule has 1 saturated carbocycles. The molecule has 74 valence electrons. The van der Waals surface area contributed by atoms with Crippen molar-refractivity contribution in [3.63, 3.8) is 0 Å². The van der Waals surface area contributed by atoms with E-state index in [2.05, 4.69) is 18.7 Å². The van der Waals surface area contributed by atoms with Crippen LogP contribution in [0.4, 0.5) is 0 Å². The van der Waals surface area contributed by atoms with E-state index in [0.29, 0.717) is 0 Å². The van der Waals surface area contributed by atoms with Crippen molar-refractivity contribution in [3.8, 4) is 0 Å². The molecule has 12 heavy (non-hydrogen) atoms. The quantitative estimate of drug-likeness (QED) is 0.641. The summed E-state index contributed by atoms with van der Waals surface area (Å²) in [6, 6.07) is 0.916. The highest BCUT2D eigenvalue weighted by molar-refractivity contribution is 4.73. The summed E-state index contributed by atoms with van der Waals surface area (Å²) in [6.07, 6.45) is 7.28. The van der Waals surface area contributed by atoms with Crippen molar-refractivity contribution in [1.29, 1.82) is 0 Å². The van der Waals surface area contributed by atoms with Gasteiger partial charge < -0.3 is 28.9 Å². The Morgan fingerprint density at radius 1 is 1.00 bits per heavy atom. The van der Waals surface area contributed by atoms with Crippen LogP contribution in [-0.4, -0.2) is 24.0 Å². The van der Waals surface area contributed by atoms with Gasteiger partial charge in [-0.1, -0.05) is 33.1 Å². The fraction of sp³-hybridized carbons (Fsp3) is 1.00. The lowest BCUT2D eigenvalue weighted by Gasteiger charge is -2.32. The second-order valence-corrected chi connectivity index (χ2v) is 3.51. The van der Waals surface area contributed by atoms with Crippen molar-refractivity contribution in [2.24, 2.45) is 0 Å². The van der Waals surface area contributed by atoms with Gasteiger partial charge in [0.05, 0.1) is 0 Å². The zero-order chi connectivity index (χ0) is 8.10. The highest BCUT2D eigenvalue weighted by Gasteiger charge is 2.17. The molecule has 0 saturated heterocycles. The van der Waals surface area contributed by atoms with Gasteiger partial charge in [-0.15, -0.1) is 0 Å². The number of rotatable bonds is 3. The number of halogens is 1. The summed E-state index contributed by atoms with van der Waals surface area (Å²) in [5, 5.41) is 0. The predicted octanol–water partition coefficient (Wildman–Crippen LogP) is -0.335. The van der Waals surface area contributed by atoms with E-state index in [9.17, 15) is 0 Å². The third-order valence-corrected chi connectivity index (χ3v) is 2.90. The van der Waals surface area contributed by atoms with Crippen LogP contribution >= 0.6 is 0 Å². The zero-order valence-corrected chi connectivity index (χ0v) is 10.5. The fourth-order valence-electron chi connectivity index (χ4n) is 2.19. The molecule has 0 aliphatic heterocycles. The summed E-state index contributed by atoms with van der Waals surface area (Å²) >= 11 is 0. The maximum absolute atomic E-state index is 2.61. The van der Waals surface area contributed by atoms with Gasteiger partial charge in [0, 0.05) is 6.04 Å². The zero-order valence-electron chi connectivity index (χ0n) is 8.35. The molecule has 0 amide bonds. The minimum Gasteiger partial charge on any atom is -1.00 e. The van der Waals surface area contributed by atoms with E-state index in [-0.39, 0.29) is 24.0 Å². The van der Waals surface area contributed by atoms with Crippen LogP contribution in [0.15, 0.2) is 0 Å². The van der Waals surface area contributed by atoms with Crippen molar-refractivity contribution < 1.29 is 24.0 Å². The lowest BCUT2D eigenvalue weighted by atomic mass is 9.94. The number of hydrogen-bond donors (Lipinski definition) is 0. The Hall–Kier alpha value is 0.690. The fourth-order valence-corrected chi connectivity index (χ4v) is 2.19. The van der Waals surface area contributed by atoms with Crippen molar-refractivity contribution in [3.05, 3.63) is 0 Å². The molecule has 0 unspecified atom stereocenters. The summed E-state index contributed by atoms with van der Waals surface area (Å²) < 4.78 is 0. The molecule has 1 aliphatic carbocycles. The van der Waals surface area contributed by atoms with Crippen molar-refractivity contribution in [2.75, 3.05) is 13.1 Å². The smallest absolute Gasteiger partial charge is 0.00950 e. The monoisotopic (exact) mass is 282 g/mol. The molecular formula is C10H21IN-. The summed E-state index contributed by atoms with van der Waals surface area (Å²) in [4.78, 5) is 2.61. The Morgan fingerprint density at radius 2 is 1.50 bits per heavy atom. The van der Waals surface area contributed by atoms with E-state index in [1.54, 1.807) is 0 Å². The molecule has 1 nitrogen and oxygen atoms in total. The standard InChI is InChI=1S/C10H21N.HI/c1-3-11(4-2)10-8-6-5-7-9-10;/h10H,3-9H2,1-2H3;1H/p-1. The van der Waals surface area contributed by atoms with Gasteiger partial charge in [-0.2, -0.15) is 0 Å². The molecule has 1 rings (SSSR count). The molecule has 0 heterocycles. The molecule has 2 heteroatoms. The van der Waals surface area contributed by atoms with E-state index < -0.39 is 0 Å². The molecule has 0 bridgehead atoms. The van der Waals surface area contributed by atoms with Crippen molar-refractivity contribution >= 4 is 0 Å². The van der Waals surface area contributed by atoms with Gasteiger partial charge in [0.2, 0.25) is 0 Å². The third-order valence-electron chi connectivity index (χ3n) is 2.90. The van der Waals surface area contributed by atoms with Gasteiger partial charge in [-0.25, -0.2) is 0 Å². The Morgan fingerprint density at radius 3 is 1.92 bits per heavy atom. The van der Waals surface area contributed by atoms with Crippen LogP contribution in [0.25, 0.3) is 0 Å². The number of hydrogen-bond acceptors (Lipinski definition) is 1. The first-order valence-electron chi connectivity index (χ1n) is 5.12. The lowest BCUT2D eigenvalue weighted by Crippen LogP contribution is -3.00. The summed E-state index contributed by atoms with van der Waals surface area (Å²) in [5.41, 5.74) is 0. The molecule has 0 radical (unpaired) electrons. The third kappa shape index (κ3) is 3.60. The normalized spacial score (nSPS) is 19.2. The van der Waals surface area contributed by atoms with Crippen LogP contribution in [0.2, 0.25) is 0 Å². The molecule has 0 aromatic carbocycles. The number of nitrogens with zero attached hydrogens (tertiary/aromatic N) is 1. The van der Waals surface area contributed by atoms with Crippen LogP contribution in [-0.2, 0) is 0 Å². The SMILES string of the molecule is CCN(CC)C1CCCCC1.[I-]. The summed E-state index contributed by atoms with van der Waals surface area (Å²) in [5.74, 6) is 0. The van der Waals surface area contributed by atoms with Crippen LogP contribution in [0.5, 0.6) is 0 Å². The van der Waals surface area contributed by atoms with Gasteiger partial charge in [-0.05, 0) is 25.9 Å². The predicted molar refractivity (Wildman–Crippen MR) is 49.8 cm³/mol. The second-order valence-electron chi connectivity index (χ2n) is 3.51. The van der Waals surface area contributed by atoms with Gasteiger partial charge in [0.15, 0.2) is 0 Å². The van der Waals surface area contributed by atoms with Crippen LogP contribution in [0.3, 0.4) is 0 Å². The molecule has 1 fully saturated rings. The second kappa shape index (κ2) is 7.13. The minimum absolute atomic E-state index is 0. The Balaban J connectivity index is 0.00000121. The van der Waals surface area contributed by atoms with Crippen LogP contribution < -0.4 is 24.0 Å². The van der Waals surface area contributed by atoms with Crippen LogP contribution in [0.1, 0.15) is 46.0 Å². The maximum atomic E-state index is 2.61. The molecule has 1 aliphatic rings. The summed E-state index contributed by atoms with van der Waals surface area (Å²) in [7, 11) is 0. The Kier molecular flexibility index (Phi) is 7.54. The van der Waals surface area contributed by atoms with Gasteiger partial charge in [0.1, 0.15) is 0 Å². The molecule has 0 N–H and O–H groups in total. The maximum Gasteiger partial charge on any atom is 0.00950 e. The highest BCUT2D eigenvalue weighted by atomic mass is 127. The van der Waals surface area contributed by atoms with E-state index in [0.717, 1.165) is 6.04 Å². The van der Waals surface area contributed by atoms with E-state index >= 15 is 0 Å². The lowest BCUT2D eigenvalue weighted by molar-refractivity contribution is -0.00000265. The molecule has 0 spiro atoms. The largest absolute Gasteiger partial charge is 1.00 e. The van der Waals surface area contributed by atoms with E-state index in [1.165, 1.54) is 45.2 Å². The van der Waals surface area contributed by atoms with Crippen molar-refractivity contribution in [1.82, 2.24) is 4.90 Å². The molecule has 0 aromatic rings. The first-order valence-corrected chi connectivity index (χ1v) is 5.12. The average Bonchev–Trinajstić information content (AvgIpc) is 2.09. The minimum atomic E-state index is 0.